The van der Waals surface area contributed by atoms with Crippen molar-refractivity contribution in [3.63, 3.8) is 0 Å². The first-order valence-electron chi connectivity index (χ1n) is 9.65. The zero-order valence-corrected chi connectivity index (χ0v) is 17.1. The molecule has 2 aromatic carbocycles. The molecule has 0 saturated heterocycles. The molecule has 5 nitrogen and oxygen atoms in total. The van der Waals surface area contributed by atoms with Gasteiger partial charge in [0.15, 0.2) is 5.65 Å². The zero-order chi connectivity index (χ0) is 20.6. The van der Waals surface area contributed by atoms with Crippen LogP contribution in [-0.2, 0) is 5.41 Å². The van der Waals surface area contributed by atoms with Crippen molar-refractivity contribution in [1.82, 2.24) is 14.8 Å². The van der Waals surface area contributed by atoms with E-state index in [9.17, 15) is 4.79 Å². The van der Waals surface area contributed by atoms with Crippen LogP contribution < -0.4 is 5.32 Å². The Morgan fingerprint density at radius 3 is 2.34 bits per heavy atom. The minimum atomic E-state index is -0.153. The summed E-state index contributed by atoms with van der Waals surface area (Å²) in [5, 5.41) is 8.47. The Bertz CT molecular complexity index is 1170. The van der Waals surface area contributed by atoms with Gasteiger partial charge in [0.25, 0.3) is 5.91 Å². The van der Waals surface area contributed by atoms with E-state index in [4.69, 9.17) is 0 Å². The fourth-order valence-electron chi connectivity index (χ4n) is 3.29. The van der Waals surface area contributed by atoms with Crippen molar-refractivity contribution in [2.45, 2.75) is 33.1 Å². The van der Waals surface area contributed by atoms with Gasteiger partial charge in [-0.1, -0.05) is 51.1 Å². The highest BCUT2D eigenvalue weighted by atomic mass is 16.1. The van der Waals surface area contributed by atoms with Gasteiger partial charge in [0.2, 0.25) is 0 Å². The molecule has 0 fully saturated rings. The van der Waals surface area contributed by atoms with E-state index in [1.807, 2.05) is 72.3 Å². The van der Waals surface area contributed by atoms with Gasteiger partial charge < -0.3 is 5.32 Å². The van der Waals surface area contributed by atoms with Crippen molar-refractivity contribution in [2.24, 2.45) is 0 Å². The Labute approximate surface area is 170 Å². The van der Waals surface area contributed by atoms with Gasteiger partial charge >= 0.3 is 0 Å². The first-order chi connectivity index (χ1) is 13.8. The summed E-state index contributed by atoms with van der Waals surface area (Å²) >= 11 is 0. The van der Waals surface area contributed by atoms with Crippen LogP contribution in [0.3, 0.4) is 0 Å². The molecule has 29 heavy (non-hydrogen) atoms. The first kappa shape index (κ1) is 18.9. The molecule has 0 saturated carbocycles. The number of benzene rings is 2. The summed E-state index contributed by atoms with van der Waals surface area (Å²) in [6, 6.07) is 19.5. The number of pyridine rings is 1. The normalized spacial score (nSPS) is 11.6. The SMILES string of the molecule is Cc1nn(-c2ccccc2)c2ncc(NC(=O)c3ccc(C(C)(C)C)cc3)cc12. The summed E-state index contributed by atoms with van der Waals surface area (Å²) in [4.78, 5) is 17.2. The molecule has 0 spiro atoms. The molecule has 4 aromatic rings. The third-order valence-electron chi connectivity index (χ3n) is 4.98. The number of nitrogens with one attached hydrogen (secondary N) is 1. The van der Waals surface area contributed by atoms with Crippen molar-refractivity contribution in [1.29, 1.82) is 0 Å². The maximum absolute atomic E-state index is 12.7. The quantitative estimate of drug-likeness (QED) is 0.523. The van der Waals surface area contributed by atoms with Crippen molar-refractivity contribution >= 4 is 22.6 Å². The average Bonchev–Trinajstić information content (AvgIpc) is 3.04. The Morgan fingerprint density at radius 2 is 1.69 bits per heavy atom. The van der Waals surface area contributed by atoms with Crippen molar-refractivity contribution in [3.8, 4) is 5.69 Å². The number of fused-ring (bicyclic) bond motifs is 1. The number of rotatable bonds is 3. The summed E-state index contributed by atoms with van der Waals surface area (Å²) in [5.41, 5.74) is 5.10. The molecular weight excluding hydrogens is 360 g/mol. The molecule has 1 amide bonds. The number of nitrogens with zero attached hydrogens (tertiary/aromatic N) is 3. The number of para-hydroxylation sites is 1. The van der Waals surface area contributed by atoms with Crippen molar-refractivity contribution in [3.05, 3.63) is 83.7 Å². The van der Waals surface area contributed by atoms with Crippen LogP contribution in [0.4, 0.5) is 5.69 Å². The summed E-state index contributed by atoms with van der Waals surface area (Å²) in [7, 11) is 0. The molecule has 0 atom stereocenters. The fraction of sp³-hybridized carbons (Fsp3) is 0.208. The van der Waals surface area contributed by atoms with E-state index < -0.39 is 0 Å². The molecular formula is C24H24N4O. The molecule has 0 aliphatic carbocycles. The molecule has 2 heterocycles. The van der Waals surface area contributed by atoms with Gasteiger partial charge in [-0.3, -0.25) is 4.79 Å². The summed E-state index contributed by atoms with van der Waals surface area (Å²) in [6.07, 6.45) is 1.67. The predicted octanol–water partition coefficient (Wildman–Crippen LogP) is 5.28. The second kappa shape index (κ2) is 7.17. The molecule has 0 aliphatic heterocycles. The monoisotopic (exact) mass is 384 g/mol. The molecule has 2 aromatic heterocycles. The van der Waals surface area contributed by atoms with E-state index >= 15 is 0 Å². The highest BCUT2D eigenvalue weighted by Gasteiger charge is 2.15. The zero-order valence-electron chi connectivity index (χ0n) is 17.1. The van der Waals surface area contributed by atoms with Crippen molar-refractivity contribution < 1.29 is 4.79 Å². The minimum Gasteiger partial charge on any atom is -0.321 e. The summed E-state index contributed by atoms with van der Waals surface area (Å²) in [5.74, 6) is -0.153. The molecule has 0 aliphatic rings. The lowest BCUT2D eigenvalue weighted by molar-refractivity contribution is 0.102. The largest absolute Gasteiger partial charge is 0.321 e. The Hall–Kier alpha value is -3.47. The Balaban J connectivity index is 1.60. The van der Waals surface area contributed by atoms with E-state index in [1.165, 1.54) is 5.56 Å². The highest BCUT2D eigenvalue weighted by Crippen LogP contribution is 2.24. The van der Waals surface area contributed by atoms with E-state index in [-0.39, 0.29) is 11.3 Å². The van der Waals surface area contributed by atoms with Crippen LogP contribution in [0.5, 0.6) is 0 Å². The standard InChI is InChI=1S/C24H24N4O/c1-16-21-14-19(15-25-22(21)28(27-16)20-8-6-5-7-9-20)26-23(29)17-10-12-18(13-11-17)24(2,3)4/h5-15H,1-4H3,(H,26,29). The fourth-order valence-corrected chi connectivity index (χ4v) is 3.29. The molecule has 0 radical (unpaired) electrons. The summed E-state index contributed by atoms with van der Waals surface area (Å²) in [6.45, 7) is 8.41. The van der Waals surface area contributed by atoms with Gasteiger partial charge in [-0.05, 0) is 48.2 Å². The smallest absolute Gasteiger partial charge is 0.255 e. The maximum atomic E-state index is 12.7. The van der Waals surface area contributed by atoms with Crippen LogP contribution in [0.2, 0.25) is 0 Å². The topological polar surface area (TPSA) is 59.8 Å². The number of amides is 1. The Morgan fingerprint density at radius 1 is 1.00 bits per heavy atom. The number of aromatic nitrogens is 3. The second-order valence-corrected chi connectivity index (χ2v) is 8.21. The molecule has 4 rings (SSSR count). The number of carbonyl (C=O) groups is 1. The lowest BCUT2D eigenvalue weighted by atomic mass is 9.87. The van der Waals surface area contributed by atoms with E-state index in [0.717, 1.165) is 22.4 Å². The van der Waals surface area contributed by atoms with Gasteiger partial charge in [0.1, 0.15) is 0 Å². The van der Waals surface area contributed by atoms with Gasteiger partial charge in [0.05, 0.1) is 23.3 Å². The minimum absolute atomic E-state index is 0.0560. The number of carbonyl (C=O) groups excluding carboxylic acids is 1. The van der Waals surface area contributed by atoms with Gasteiger partial charge in [0, 0.05) is 10.9 Å². The third kappa shape index (κ3) is 3.76. The van der Waals surface area contributed by atoms with Crippen LogP contribution in [-0.4, -0.2) is 20.7 Å². The van der Waals surface area contributed by atoms with Crippen LogP contribution in [0.25, 0.3) is 16.7 Å². The van der Waals surface area contributed by atoms with Crippen LogP contribution >= 0.6 is 0 Å². The lowest BCUT2D eigenvalue weighted by Crippen LogP contribution is -2.14. The number of anilines is 1. The molecule has 146 valence electrons. The van der Waals surface area contributed by atoms with Gasteiger partial charge in [-0.2, -0.15) is 5.10 Å². The van der Waals surface area contributed by atoms with Crippen LogP contribution in [0, 0.1) is 6.92 Å². The predicted molar refractivity (Wildman–Crippen MR) is 117 cm³/mol. The number of hydrogen-bond acceptors (Lipinski definition) is 3. The third-order valence-corrected chi connectivity index (χ3v) is 4.98. The first-order valence-corrected chi connectivity index (χ1v) is 9.65. The second-order valence-electron chi connectivity index (χ2n) is 8.21. The molecule has 1 N–H and O–H groups in total. The highest BCUT2D eigenvalue weighted by molar-refractivity contribution is 6.05. The van der Waals surface area contributed by atoms with E-state index in [2.05, 4.69) is 36.2 Å². The van der Waals surface area contributed by atoms with E-state index in [0.29, 0.717) is 11.3 Å². The van der Waals surface area contributed by atoms with Crippen LogP contribution in [0.15, 0.2) is 66.9 Å². The average molecular weight is 384 g/mol. The van der Waals surface area contributed by atoms with Gasteiger partial charge in [-0.15, -0.1) is 0 Å². The molecule has 0 bridgehead atoms. The number of aryl methyl sites for hydroxylation is 1. The Kier molecular flexibility index (Phi) is 4.66. The van der Waals surface area contributed by atoms with Crippen LogP contribution in [0.1, 0.15) is 42.4 Å². The van der Waals surface area contributed by atoms with E-state index in [1.54, 1.807) is 6.20 Å². The maximum Gasteiger partial charge on any atom is 0.255 e. The number of hydrogen-bond donors (Lipinski definition) is 1. The van der Waals surface area contributed by atoms with Crippen molar-refractivity contribution in [2.75, 3.05) is 5.32 Å². The lowest BCUT2D eigenvalue weighted by Gasteiger charge is -2.19. The van der Waals surface area contributed by atoms with Gasteiger partial charge in [-0.25, -0.2) is 9.67 Å². The molecule has 0 unspecified atom stereocenters. The molecule has 5 heteroatoms. The summed E-state index contributed by atoms with van der Waals surface area (Å²) < 4.78 is 1.82.